The number of benzene rings is 1. The van der Waals surface area contributed by atoms with Gasteiger partial charge in [-0.1, -0.05) is 23.7 Å². The lowest BCUT2D eigenvalue weighted by molar-refractivity contribution is 0.790. The molecule has 0 spiro atoms. The zero-order valence-electron chi connectivity index (χ0n) is 12.0. The Morgan fingerprint density at radius 3 is 2.55 bits per heavy atom. The highest BCUT2D eigenvalue weighted by Gasteiger charge is 1.97. The summed E-state index contributed by atoms with van der Waals surface area (Å²) in [5.41, 5.74) is 1.16. The van der Waals surface area contributed by atoms with Crippen LogP contribution in [0, 0.1) is 0 Å². The lowest BCUT2D eigenvalue weighted by atomic mass is 10.2. The number of nitrogens with zero attached hydrogens (tertiary/aromatic N) is 1. The van der Waals surface area contributed by atoms with Gasteiger partial charge in [-0.05, 0) is 43.0 Å². The second-order valence-corrected chi connectivity index (χ2v) is 5.52. The average Bonchev–Trinajstić information content (AvgIpc) is 2.42. The molecule has 0 aromatic heterocycles. The van der Waals surface area contributed by atoms with Crippen LogP contribution in [0.1, 0.15) is 18.9 Å². The summed E-state index contributed by atoms with van der Waals surface area (Å²) in [5.74, 6) is 2.04. The van der Waals surface area contributed by atoms with Gasteiger partial charge in [0, 0.05) is 18.1 Å². The van der Waals surface area contributed by atoms with Gasteiger partial charge in [0.25, 0.3) is 0 Å². The summed E-state index contributed by atoms with van der Waals surface area (Å²) < 4.78 is 0. The molecule has 0 radical (unpaired) electrons. The maximum absolute atomic E-state index is 5.86. The Morgan fingerprint density at radius 1 is 1.25 bits per heavy atom. The molecule has 0 aliphatic carbocycles. The molecule has 1 aromatic rings. The van der Waals surface area contributed by atoms with Crippen LogP contribution in [0.4, 0.5) is 0 Å². The fourth-order valence-corrected chi connectivity index (χ4v) is 2.08. The van der Waals surface area contributed by atoms with Crippen molar-refractivity contribution < 1.29 is 0 Å². The summed E-state index contributed by atoms with van der Waals surface area (Å²) in [6.45, 7) is 4.55. The summed E-state index contributed by atoms with van der Waals surface area (Å²) in [5, 5.41) is 7.34. The first kappa shape index (κ1) is 19.9. The molecule has 0 unspecified atom stereocenters. The zero-order chi connectivity index (χ0) is 13.9. The molecule has 0 atom stereocenters. The van der Waals surface area contributed by atoms with E-state index in [1.54, 1.807) is 0 Å². The Morgan fingerprint density at radius 2 is 1.95 bits per heavy atom. The van der Waals surface area contributed by atoms with Gasteiger partial charge in [-0.25, -0.2) is 4.99 Å². The summed E-state index contributed by atoms with van der Waals surface area (Å²) >= 11 is 7.73. The third kappa shape index (κ3) is 8.92. The second kappa shape index (κ2) is 12.6. The lowest BCUT2D eigenvalue weighted by Gasteiger charge is -2.10. The van der Waals surface area contributed by atoms with Gasteiger partial charge in [0.1, 0.15) is 0 Å². The van der Waals surface area contributed by atoms with E-state index >= 15 is 0 Å². The highest BCUT2D eigenvalue weighted by molar-refractivity contribution is 14.0. The van der Waals surface area contributed by atoms with Gasteiger partial charge in [0.2, 0.25) is 0 Å². The van der Waals surface area contributed by atoms with Gasteiger partial charge in [0.05, 0.1) is 6.54 Å². The highest BCUT2D eigenvalue weighted by atomic mass is 127. The first-order valence-electron chi connectivity index (χ1n) is 6.51. The minimum absolute atomic E-state index is 0. The molecular weight excluding hydrogens is 405 g/mol. The summed E-state index contributed by atoms with van der Waals surface area (Å²) in [6, 6.07) is 7.79. The number of hydrogen-bond acceptors (Lipinski definition) is 2. The predicted octanol–water partition coefficient (Wildman–Crippen LogP) is 3.77. The van der Waals surface area contributed by atoms with Crippen LogP contribution in [-0.2, 0) is 6.54 Å². The number of nitrogens with one attached hydrogen (secondary N) is 2. The van der Waals surface area contributed by atoms with Crippen molar-refractivity contribution in [1.82, 2.24) is 10.6 Å². The Bertz CT molecular complexity index is 385. The van der Waals surface area contributed by atoms with Gasteiger partial charge in [-0.2, -0.15) is 11.8 Å². The molecular formula is C14H23ClIN3S. The van der Waals surface area contributed by atoms with Crippen LogP contribution in [0.3, 0.4) is 0 Å². The van der Waals surface area contributed by atoms with Crippen molar-refractivity contribution in [2.24, 2.45) is 4.99 Å². The van der Waals surface area contributed by atoms with Crippen molar-refractivity contribution in [2.75, 3.05) is 25.1 Å². The fraction of sp³-hybridized carbons (Fsp3) is 0.500. The van der Waals surface area contributed by atoms with Crippen LogP contribution in [0.25, 0.3) is 0 Å². The van der Waals surface area contributed by atoms with E-state index in [-0.39, 0.29) is 24.0 Å². The van der Waals surface area contributed by atoms with E-state index in [2.05, 4.69) is 28.8 Å². The van der Waals surface area contributed by atoms with Gasteiger partial charge in [-0.3, -0.25) is 0 Å². The van der Waals surface area contributed by atoms with Crippen molar-refractivity contribution in [2.45, 2.75) is 19.9 Å². The number of halogens is 2. The lowest BCUT2D eigenvalue weighted by Crippen LogP contribution is -2.37. The normalized spacial score (nSPS) is 10.8. The van der Waals surface area contributed by atoms with Crippen molar-refractivity contribution in [3.05, 3.63) is 34.9 Å². The van der Waals surface area contributed by atoms with Crippen LogP contribution in [-0.4, -0.2) is 31.1 Å². The SMILES string of the molecule is CCNC(=NCc1ccc(Cl)cc1)NCCCSC.I. The highest BCUT2D eigenvalue weighted by Crippen LogP contribution is 2.10. The molecule has 0 aliphatic rings. The van der Waals surface area contributed by atoms with E-state index in [1.807, 2.05) is 36.0 Å². The molecule has 0 saturated carbocycles. The topological polar surface area (TPSA) is 36.4 Å². The minimum Gasteiger partial charge on any atom is -0.357 e. The van der Waals surface area contributed by atoms with E-state index in [4.69, 9.17) is 11.6 Å². The van der Waals surface area contributed by atoms with Crippen LogP contribution in [0.15, 0.2) is 29.3 Å². The van der Waals surface area contributed by atoms with E-state index in [0.29, 0.717) is 6.54 Å². The van der Waals surface area contributed by atoms with Crippen molar-refractivity contribution in [3.63, 3.8) is 0 Å². The molecule has 0 bridgehead atoms. The van der Waals surface area contributed by atoms with Gasteiger partial charge >= 0.3 is 0 Å². The summed E-state index contributed by atoms with van der Waals surface area (Å²) in [7, 11) is 0. The summed E-state index contributed by atoms with van der Waals surface area (Å²) in [6.07, 6.45) is 3.27. The monoisotopic (exact) mass is 427 g/mol. The van der Waals surface area contributed by atoms with Crippen molar-refractivity contribution in [1.29, 1.82) is 0 Å². The maximum Gasteiger partial charge on any atom is 0.191 e. The summed E-state index contributed by atoms with van der Waals surface area (Å²) in [4.78, 5) is 4.56. The molecule has 0 fully saturated rings. The largest absolute Gasteiger partial charge is 0.357 e. The predicted molar refractivity (Wildman–Crippen MR) is 103 cm³/mol. The molecule has 1 rings (SSSR count). The molecule has 3 nitrogen and oxygen atoms in total. The molecule has 20 heavy (non-hydrogen) atoms. The second-order valence-electron chi connectivity index (χ2n) is 4.09. The van der Waals surface area contributed by atoms with E-state index in [1.165, 1.54) is 5.75 Å². The smallest absolute Gasteiger partial charge is 0.191 e. The first-order chi connectivity index (χ1) is 9.26. The number of aliphatic imine (C=N–C) groups is 1. The van der Waals surface area contributed by atoms with Gasteiger partial charge in [-0.15, -0.1) is 24.0 Å². The quantitative estimate of drug-likeness (QED) is 0.301. The Kier molecular flexibility index (Phi) is 12.5. The van der Waals surface area contributed by atoms with Crippen LogP contribution in [0.5, 0.6) is 0 Å². The van der Waals surface area contributed by atoms with Gasteiger partial charge < -0.3 is 10.6 Å². The average molecular weight is 428 g/mol. The van der Waals surface area contributed by atoms with Crippen molar-refractivity contribution >= 4 is 53.3 Å². The number of rotatable bonds is 7. The first-order valence-corrected chi connectivity index (χ1v) is 8.29. The van der Waals surface area contributed by atoms with Crippen LogP contribution in [0.2, 0.25) is 5.02 Å². The number of thioether (sulfide) groups is 1. The molecule has 0 saturated heterocycles. The Hall–Kier alpha value is -0.140. The molecule has 0 amide bonds. The Balaban J connectivity index is 0.00000361. The van der Waals surface area contributed by atoms with Crippen LogP contribution < -0.4 is 10.6 Å². The third-order valence-electron chi connectivity index (χ3n) is 2.49. The molecule has 0 heterocycles. The van der Waals surface area contributed by atoms with Gasteiger partial charge in [0.15, 0.2) is 5.96 Å². The molecule has 0 aliphatic heterocycles. The number of hydrogen-bond donors (Lipinski definition) is 2. The van der Waals surface area contributed by atoms with Crippen LogP contribution >= 0.6 is 47.3 Å². The van der Waals surface area contributed by atoms with Crippen molar-refractivity contribution in [3.8, 4) is 0 Å². The fourth-order valence-electron chi connectivity index (χ4n) is 1.53. The Labute approximate surface area is 148 Å². The molecule has 114 valence electrons. The maximum atomic E-state index is 5.86. The van der Waals surface area contributed by atoms with E-state index < -0.39 is 0 Å². The zero-order valence-corrected chi connectivity index (χ0v) is 15.9. The molecule has 2 N–H and O–H groups in total. The van der Waals surface area contributed by atoms with E-state index in [0.717, 1.165) is 36.1 Å². The standard InChI is InChI=1S/C14H22ClN3S.HI/c1-3-16-14(17-9-4-10-19-2)18-11-12-5-7-13(15)8-6-12;/h5-8H,3-4,9-11H2,1-2H3,(H2,16,17,18);1H. The minimum atomic E-state index is 0. The molecule has 1 aromatic carbocycles. The van der Waals surface area contributed by atoms with E-state index in [9.17, 15) is 0 Å². The molecule has 6 heteroatoms. The third-order valence-corrected chi connectivity index (χ3v) is 3.44. The number of guanidine groups is 1.